The molecule has 2 rings (SSSR count). The second-order valence-electron chi connectivity index (χ2n) is 2.74. The largest absolute Gasteiger partial charge is 0.280 e. The number of benzene rings is 1. The van der Waals surface area contributed by atoms with Crippen LogP contribution in [-0.4, -0.2) is 15.1 Å². The number of nitro benzene ring substituents is 1. The maximum atomic E-state index is 10.7. The van der Waals surface area contributed by atoms with Crippen molar-refractivity contribution in [3.63, 3.8) is 0 Å². The van der Waals surface area contributed by atoms with Gasteiger partial charge in [0.2, 0.25) is 0 Å². The molecule has 0 radical (unpaired) electrons. The molecule has 0 unspecified atom stereocenters. The molecule has 15 heavy (non-hydrogen) atoms. The summed E-state index contributed by atoms with van der Waals surface area (Å²) in [4.78, 5) is 10.2. The number of hydrogen-bond donors (Lipinski definition) is 0. The Kier molecular flexibility index (Phi) is 2.42. The minimum absolute atomic E-state index is 0.0262. The Morgan fingerprint density at radius 2 is 1.87 bits per heavy atom. The van der Waals surface area contributed by atoms with Gasteiger partial charge >= 0.3 is 0 Å². The summed E-state index contributed by atoms with van der Waals surface area (Å²) in [5.41, 5.74) is -0.130. The Hall–Kier alpha value is -1.46. The van der Waals surface area contributed by atoms with E-state index >= 15 is 0 Å². The van der Waals surface area contributed by atoms with E-state index in [4.69, 9.17) is 23.2 Å². The highest BCUT2D eigenvalue weighted by atomic mass is 35.5. The van der Waals surface area contributed by atoms with Gasteiger partial charge in [0.05, 0.1) is 4.92 Å². The Bertz CT molecular complexity index is 559. The summed E-state index contributed by atoms with van der Waals surface area (Å²) in [6.45, 7) is 0. The van der Waals surface area contributed by atoms with Gasteiger partial charge in [0.15, 0.2) is 10.3 Å². The molecular formula is C8H3Cl2N3O2. The lowest BCUT2D eigenvalue weighted by atomic mass is 10.2. The first kappa shape index (κ1) is 10.1. The highest BCUT2D eigenvalue weighted by Crippen LogP contribution is 2.32. The first-order valence-corrected chi connectivity index (χ1v) is 4.61. The second-order valence-corrected chi connectivity index (χ2v) is 3.45. The lowest BCUT2D eigenvalue weighted by Crippen LogP contribution is -1.93. The summed E-state index contributed by atoms with van der Waals surface area (Å²) in [7, 11) is 0. The predicted molar refractivity (Wildman–Crippen MR) is 56.2 cm³/mol. The molecule has 0 saturated carbocycles. The number of nitrogens with zero attached hydrogens (tertiary/aromatic N) is 3. The van der Waals surface area contributed by atoms with Gasteiger partial charge in [0.1, 0.15) is 5.39 Å². The van der Waals surface area contributed by atoms with E-state index in [2.05, 4.69) is 10.2 Å². The summed E-state index contributed by atoms with van der Waals surface area (Å²) in [5.74, 6) is 0. The van der Waals surface area contributed by atoms with Crippen molar-refractivity contribution in [1.82, 2.24) is 10.2 Å². The molecule has 1 aromatic heterocycles. The van der Waals surface area contributed by atoms with E-state index in [1.54, 1.807) is 6.07 Å². The highest BCUT2D eigenvalue weighted by molar-refractivity contribution is 6.39. The standard InChI is InChI=1S/C8H3Cl2N3O2/c9-7-4-2-1-3-5(13(14)15)6(4)8(10)12-11-7/h1-3H. The summed E-state index contributed by atoms with van der Waals surface area (Å²) in [6, 6.07) is 4.46. The fourth-order valence-corrected chi connectivity index (χ4v) is 1.70. The van der Waals surface area contributed by atoms with Gasteiger partial charge in [-0.2, -0.15) is 0 Å². The Labute approximate surface area is 93.8 Å². The van der Waals surface area contributed by atoms with Crippen LogP contribution >= 0.6 is 23.2 Å². The van der Waals surface area contributed by atoms with Crippen LogP contribution in [0, 0.1) is 10.1 Å². The first-order chi connectivity index (χ1) is 7.11. The van der Waals surface area contributed by atoms with Crippen LogP contribution in [0.15, 0.2) is 18.2 Å². The van der Waals surface area contributed by atoms with Gasteiger partial charge < -0.3 is 0 Å². The highest BCUT2D eigenvalue weighted by Gasteiger charge is 2.17. The number of nitro groups is 1. The van der Waals surface area contributed by atoms with Gasteiger partial charge in [-0.3, -0.25) is 10.1 Å². The Morgan fingerprint density at radius 1 is 1.20 bits per heavy atom. The quantitative estimate of drug-likeness (QED) is 0.571. The van der Waals surface area contributed by atoms with Crippen LogP contribution in [0.4, 0.5) is 5.69 Å². The molecule has 2 aromatic rings. The van der Waals surface area contributed by atoms with Crippen molar-refractivity contribution in [2.75, 3.05) is 0 Å². The van der Waals surface area contributed by atoms with Gasteiger partial charge in [0.25, 0.3) is 5.69 Å². The predicted octanol–water partition coefficient (Wildman–Crippen LogP) is 2.84. The molecule has 0 spiro atoms. The maximum Gasteiger partial charge on any atom is 0.280 e. The van der Waals surface area contributed by atoms with Crippen molar-refractivity contribution in [2.45, 2.75) is 0 Å². The van der Waals surface area contributed by atoms with Gasteiger partial charge in [-0.1, -0.05) is 35.3 Å². The lowest BCUT2D eigenvalue weighted by molar-refractivity contribution is -0.383. The van der Waals surface area contributed by atoms with E-state index in [0.717, 1.165) is 0 Å². The van der Waals surface area contributed by atoms with Crippen LogP contribution in [0.25, 0.3) is 10.8 Å². The molecule has 76 valence electrons. The molecule has 1 heterocycles. The van der Waals surface area contributed by atoms with E-state index in [-0.39, 0.29) is 21.4 Å². The SMILES string of the molecule is O=[N+]([O-])c1cccc2c(Cl)nnc(Cl)c12. The van der Waals surface area contributed by atoms with E-state index in [1.165, 1.54) is 12.1 Å². The van der Waals surface area contributed by atoms with Crippen LogP contribution in [0.3, 0.4) is 0 Å². The Balaban J connectivity index is 2.96. The number of aromatic nitrogens is 2. The summed E-state index contributed by atoms with van der Waals surface area (Å²) >= 11 is 11.5. The van der Waals surface area contributed by atoms with E-state index in [0.29, 0.717) is 5.39 Å². The average molecular weight is 244 g/mol. The van der Waals surface area contributed by atoms with Crippen molar-refractivity contribution in [2.24, 2.45) is 0 Å². The smallest absolute Gasteiger partial charge is 0.258 e. The topological polar surface area (TPSA) is 68.9 Å². The number of fused-ring (bicyclic) bond motifs is 1. The van der Waals surface area contributed by atoms with E-state index in [9.17, 15) is 10.1 Å². The first-order valence-electron chi connectivity index (χ1n) is 3.86. The molecule has 1 aromatic carbocycles. The fraction of sp³-hybridized carbons (Fsp3) is 0. The van der Waals surface area contributed by atoms with Crippen molar-refractivity contribution in [3.05, 3.63) is 38.6 Å². The van der Waals surface area contributed by atoms with Gasteiger partial charge in [-0.15, -0.1) is 10.2 Å². The minimum Gasteiger partial charge on any atom is -0.258 e. The molecule has 0 amide bonds. The molecule has 0 aliphatic heterocycles. The van der Waals surface area contributed by atoms with Crippen molar-refractivity contribution in [3.8, 4) is 0 Å². The van der Waals surface area contributed by atoms with Crippen molar-refractivity contribution >= 4 is 39.7 Å². The van der Waals surface area contributed by atoms with E-state index in [1.807, 2.05) is 0 Å². The van der Waals surface area contributed by atoms with Crippen LogP contribution < -0.4 is 0 Å². The lowest BCUT2D eigenvalue weighted by Gasteiger charge is -2.01. The van der Waals surface area contributed by atoms with Crippen LogP contribution in [0.1, 0.15) is 0 Å². The minimum atomic E-state index is -0.535. The third-order valence-corrected chi connectivity index (χ3v) is 2.44. The molecule has 0 atom stereocenters. The summed E-state index contributed by atoms with van der Waals surface area (Å²) in [5, 5.41) is 18.5. The second kappa shape index (κ2) is 3.60. The number of halogens is 2. The zero-order valence-electron chi connectivity index (χ0n) is 7.15. The van der Waals surface area contributed by atoms with Crippen LogP contribution in [0.2, 0.25) is 10.3 Å². The van der Waals surface area contributed by atoms with Crippen LogP contribution in [-0.2, 0) is 0 Å². The van der Waals surface area contributed by atoms with E-state index < -0.39 is 4.92 Å². The molecule has 0 aliphatic carbocycles. The van der Waals surface area contributed by atoms with Gasteiger partial charge in [-0.25, -0.2) is 0 Å². The molecular weight excluding hydrogens is 241 g/mol. The zero-order valence-corrected chi connectivity index (χ0v) is 8.66. The van der Waals surface area contributed by atoms with Crippen LogP contribution in [0.5, 0.6) is 0 Å². The zero-order chi connectivity index (χ0) is 11.0. The molecule has 0 saturated heterocycles. The molecule has 0 fully saturated rings. The molecule has 0 bridgehead atoms. The molecule has 0 N–H and O–H groups in total. The maximum absolute atomic E-state index is 10.7. The Morgan fingerprint density at radius 3 is 2.53 bits per heavy atom. The summed E-state index contributed by atoms with van der Waals surface area (Å²) in [6.07, 6.45) is 0. The number of hydrogen-bond acceptors (Lipinski definition) is 4. The third-order valence-electron chi connectivity index (χ3n) is 1.89. The van der Waals surface area contributed by atoms with Gasteiger partial charge in [0, 0.05) is 11.5 Å². The molecule has 0 aliphatic rings. The monoisotopic (exact) mass is 243 g/mol. The fourth-order valence-electron chi connectivity index (χ4n) is 1.27. The third kappa shape index (κ3) is 1.60. The molecule has 7 heteroatoms. The number of non-ortho nitro benzene ring substituents is 1. The van der Waals surface area contributed by atoms with Gasteiger partial charge in [-0.05, 0) is 0 Å². The van der Waals surface area contributed by atoms with Crippen molar-refractivity contribution in [1.29, 1.82) is 0 Å². The molecule has 5 nitrogen and oxygen atoms in total. The normalized spacial score (nSPS) is 10.5. The van der Waals surface area contributed by atoms with Crippen molar-refractivity contribution < 1.29 is 4.92 Å². The summed E-state index contributed by atoms with van der Waals surface area (Å²) < 4.78 is 0. The number of rotatable bonds is 1. The average Bonchev–Trinajstić information content (AvgIpc) is 2.23.